The maximum absolute atomic E-state index is 12.6. The number of benzene rings is 2. The third-order valence-corrected chi connectivity index (χ3v) is 5.38. The summed E-state index contributed by atoms with van der Waals surface area (Å²) in [7, 11) is 0. The Balaban J connectivity index is 1.87. The number of carbonyl (C=O) groups excluding carboxylic acids is 3. The molecule has 0 aliphatic carbocycles. The molecule has 1 aliphatic rings. The molecule has 5 nitrogen and oxygen atoms in total. The largest absolute Gasteiger partial charge is 0.324 e. The van der Waals surface area contributed by atoms with Crippen molar-refractivity contribution in [3.8, 4) is 0 Å². The summed E-state index contributed by atoms with van der Waals surface area (Å²) < 4.78 is 0. The van der Waals surface area contributed by atoms with Crippen molar-refractivity contribution in [3.05, 3.63) is 62.1 Å². The Morgan fingerprint density at radius 3 is 2.08 bits per heavy atom. The number of anilines is 1. The van der Waals surface area contributed by atoms with Crippen LogP contribution in [0.15, 0.2) is 30.3 Å². The lowest BCUT2D eigenvalue weighted by Gasteiger charge is -2.22. The van der Waals surface area contributed by atoms with Crippen LogP contribution in [0.5, 0.6) is 0 Å². The normalized spacial score (nSPS) is 14.4. The number of hydrogen-bond acceptors (Lipinski definition) is 3. The minimum atomic E-state index is -1.03. The molecule has 0 radical (unpaired) electrons. The fourth-order valence-corrected chi connectivity index (χ4v) is 3.20. The number of nitrogens with zero attached hydrogens (tertiary/aromatic N) is 1. The predicted octanol–water partition coefficient (Wildman–Crippen LogP) is 4.58. The summed E-state index contributed by atoms with van der Waals surface area (Å²) in [6, 6.07) is 6.73. The summed E-state index contributed by atoms with van der Waals surface area (Å²) in [5.41, 5.74) is 1.46. The molecule has 8 heteroatoms. The fourth-order valence-electron chi connectivity index (χ4n) is 2.70. The molecule has 0 fully saturated rings. The Bertz CT molecular complexity index is 918. The molecule has 2 aromatic rings. The van der Waals surface area contributed by atoms with Gasteiger partial charge < -0.3 is 5.32 Å². The zero-order valence-electron chi connectivity index (χ0n) is 13.8. The van der Waals surface area contributed by atoms with Crippen LogP contribution in [-0.4, -0.2) is 28.7 Å². The van der Waals surface area contributed by atoms with Gasteiger partial charge in [0.05, 0.1) is 21.2 Å². The molecule has 1 N–H and O–H groups in total. The summed E-state index contributed by atoms with van der Waals surface area (Å²) in [6.07, 6.45) is 0. The molecular weight excluding hydrogens is 399 g/mol. The molecule has 0 saturated carbocycles. The van der Waals surface area contributed by atoms with Gasteiger partial charge in [0.25, 0.3) is 11.8 Å². The number of rotatable bonds is 3. The number of nitrogens with one attached hydrogen (secondary N) is 1. The highest BCUT2D eigenvalue weighted by atomic mass is 35.5. The van der Waals surface area contributed by atoms with E-state index < -0.39 is 23.8 Å². The predicted molar refractivity (Wildman–Crippen MR) is 101 cm³/mol. The molecule has 0 aromatic heterocycles. The Morgan fingerprint density at radius 1 is 1.00 bits per heavy atom. The Kier molecular flexibility index (Phi) is 4.97. The SMILES string of the molecule is Cc1c(Cl)cccc1NC(=O)C(C)N1C(=O)c2cc(Cl)c(Cl)cc2C1=O. The minimum absolute atomic E-state index is 0.128. The van der Waals surface area contributed by atoms with Crippen molar-refractivity contribution in [2.24, 2.45) is 0 Å². The minimum Gasteiger partial charge on any atom is -0.324 e. The summed E-state index contributed by atoms with van der Waals surface area (Å²) in [6.45, 7) is 3.23. The third kappa shape index (κ3) is 3.07. The van der Waals surface area contributed by atoms with E-state index in [1.807, 2.05) is 0 Å². The average Bonchev–Trinajstić information content (AvgIpc) is 2.82. The number of imide groups is 1. The van der Waals surface area contributed by atoms with Gasteiger partial charge >= 0.3 is 0 Å². The van der Waals surface area contributed by atoms with Crippen molar-refractivity contribution >= 4 is 58.2 Å². The van der Waals surface area contributed by atoms with Gasteiger partial charge in [-0.3, -0.25) is 19.3 Å². The van der Waals surface area contributed by atoms with Crippen LogP contribution >= 0.6 is 34.8 Å². The van der Waals surface area contributed by atoms with E-state index in [1.165, 1.54) is 19.1 Å². The van der Waals surface area contributed by atoms with Crippen LogP contribution in [0.25, 0.3) is 0 Å². The van der Waals surface area contributed by atoms with Gasteiger partial charge in [0, 0.05) is 10.7 Å². The number of fused-ring (bicyclic) bond motifs is 1. The molecule has 134 valence electrons. The molecule has 0 bridgehead atoms. The summed E-state index contributed by atoms with van der Waals surface area (Å²) in [5, 5.41) is 3.53. The highest BCUT2D eigenvalue weighted by Crippen LogP contribution is 2.32. The first kappa shape index (κ1) is 18.7. The van der Waals surface area contributed by atoms with E-state index in [-0.39, 0.29) is 21.2 Å². The highest BCUT2D eigenvalue weighted by molar-refractivity contribution is 6.43. The first-order valence-electron chi connectivity index (χ1n) is 7.65. The van der Waals surface area contributed by atoms with Gasteiger partial charge in [-0.2, -0.15) is 0 Å². The molecule has 3 rings (SSSR count). The van der Waals surface area contributed by atoms with Gasteiger partial charge in [-0.05, 0) is 43.7 Å². The average molecular weight is 412 g/mol. The van der Waals surface area contributed by atoms with E-state index in [1.54, 1.807) is 25.1 Å². The second-order valence-corrected chi connectivity index (χ2v) is 7.09. The van der Waals surface area contributed by atoms with Crippen LogP contribution in [0.4, 0.5) is 5.69 Å². The number of amides is 3. The van der Waals surface area contributed by atoms with Crippen molar-refractivity contribution in [1.82, 2.24) is 4.90 Å². The standard InChI is InChI=1S/C18H13Cl3N2O3/c1-8-12(19)4-3-5-15(8)22-16(24)9(2)23-17(25)10-6-13(20)14(21)7-11(10)18(23)26/h3-7,9H,1-2H3,(H,22,24). The third-order valence-electron chi connectivity index (χ3n) is 4.25. The fraction of sp³-hybridized carbons (Fsp3) is 0.167. The lowest BCUT2D eigenvalue weighted by Crippen LogP contribution is -2.45. The van der Waals surface area contributed by atoms with Gasteiger partial charge in [0.1, 0.15) is 6.04 Å². The molecule has 1 atom stereocenters. The van der Waals surface area contributed by atoms with Gasteiger partial charge in [-0.25, -0.2) is 0 Å². The first-order chi connectivity index (χ1) is 12.2. The van der Waals surface area contributed by atoms with Crippen molar-refractivity contribution < 1.29 is 14.4 Å². The second-order valence-electron chi connectivity index (χ2n) is 5.87. The van der Waals surface area contributed by atoms with E-state index in [9.17, 15) is 14.4 Å². The van der Waals surface area contributed by atoms with E-state index in [4.69, 9.17) is 34.8 Å². The van der Waals surface area contributed by atoms with E-state index in [0.717, 1.165) is 4.90 Å². The Labute approximate surface area is 164 Å². The maximum atomic E-state index is 12.6. The van der Waals surface area contributed by atoms with Crippen LogP contribution < -0.4 is 5.32 Å². The lowest BCUT2D eigenvalue weighted by atomic mass is 10.1. The summed E-state index contributed by atoms with van der Waals surface area (Å²) >= 11 is 17.9. The Hall–Kier alpha value is -2.08. The first-order valence-corrected chi connectivity index (χ1v) is 8.78. The molecule has 3 amide bonds. The molecule has 1 aliphatic heterocycles. The van der Waals surface area contributed by atoms with Crippen LogP contribution in [0.3, 0.4) is 0 Å². The summed E-state index contributed by atoms with van der Waals surface area (Å²) in [5.74, 6) is -1.69. The van der Waals surface area contributed by atoms with Gasteiger partial charge in [0.15, 0.2) is 0 Å². The molecule has 2 aromatic carbocycles. The number of carbonyl (C=O) groups is 3. The van der Waals surface area contributed by atoms with Gasteiger partial charge in [0.2, 0.25) is 5.91 Å². The van der Waals surface area contributed by atoms with Crippen LogP contribution in [-0.2, 0) is 4.79 Å². The zero-order valence-corrected chi connectivity index (χ0v) is 16.0. The van der Waals surface area contributed by atoms with Crippen LogP contribution in [0, 0.1) is 6.92 Å². The van der Waals surface area contributed by atoms with E-state index >= 15 is 0 Å². The zero-order chi connectivity index (χ0) is 19.2. The van der Waals surface area contributed by atoms with Crippen LogP contribution in [0.2, 0.25) is 15.1 Å². The van der Waals surface area contributed by atoms with Crippen molar-refractivity contribution in [3.63, 3.8) is 0 Å². The van der Waals surface area contributed by atoms with E-state index in [2.05, 4.69) is 5.32 Å². The molecule has 26 heavy (non-hydrogen) atoms. The molecule has 0 saturated heterocycles. The maximum Gasteiger partial charge on any atom is 0.262 e. The molecule has 1 unspecified atom stereocenters. The molecular formula is C18H13Cl3N2O3. The number of hydrogen-bond donors (Lipinski definition) is 1. The van der Waals surface area contributed by atoms with Crippen molar-refractivity contribution in [2.45, 2.75) is 19.9 Å². The highest BCUT2D eigenvalue weighted by Gasteiger charge is 2.41. The lowest BCUT2D eigenvalue weighted by molar-refractivity contribution is -0.119. The Morgan fingerprint density at radius 2 is 1.54 bits per heavy atom. The van der Waals surface area contributed by atoms with E-state index in [0.29, 0.717) is 16.3 Å². The van der Waals surface area contributed by atoms with Crippen LogP contribution in [0.1, 0.15) is 33.2 Å². The number of halogens is 3. The van der Waals surface area contributed by atoms with Crippen molar-refractivity contribution in [1.29, 1.82) is 0 Å². The molecule has 0 spiro atoms. The van der Waals surface area contributed by atoms with Gasteiger partial charge in [-0.15, -0.1) is 0 Å². The second kappa shape index (κ2) is 6.91. The quantitative estimate of drug-likeness (QED) is 0.752. The molecule has 1 heterocycles. The topological polar surface area (TPSA) is 66.5 Å². The smallest absolute Gasteiger partial charge is 0.262 e. The van der Waals surface area contributed by atoms with Crippen molar-refractivity contribution in [2.75, 3.05) is 5.32 Å². The van der Waals surface area contributed by atoms with Gasteiger partial charge in [-0.1, -0.05) is 40.9 Å². The monoisotopic (exact) mass is 410 g/mol. The summed E-state index contributed by atoms with van der Waals surface area (Å²) in [4.78, 5) is 38.7.